The van der Waals surface area contributed by atoms with Crippen molar-refractivity contribution in [3.63, 3.8) is 0 Å². The topological polar surface area (TPSA) is 77.2 Å². The second-order valence-electron chi connectivity index (χ2n) is 3.78. The number of hydrogen-bond acceptors (Lipinski definition) is 4. The summed E-state index contributed by atoms with van der Waals surface area (Å²) in [5.41, 5.74) is 0.416. The normalized spacial score (nSPS) is 11.4. The number of carbonyl (C=O) groups is 1. The summed E-state index contributed by atoms with van der Waals surface area (Å²) < 4.78 is 41.0. The summed E-state index contributed by atoms with van der Waals surface area (Å²) in [6.07, 6.45) is -4.76. The van der Waals surface area contributed by atoms with Gasteiger partial charge in [-0.3, -0.25) is 0 Å². The zero-order chi connectivity index (χ0) is 14.9. The van der Waals surface area contributed by atoms with E-state index >= 15 is 0 Å². The molecule has 0 saturated heterocycles. The van der Waals surface area contributed by atoms with Gasteiger partial charge >= 0.3 is 12.3 Å². The van der Waals surface area contributed by atoms with Crippen LogP contribution in [-0.4, -0.2) is 32.4 Å². The molecule has 0 fully saturated rings. The maximum absolute atomic E-state index is 12.0. The molecule has 0 atom stereocenters. The summed E-state index contributed by atoms with van der Waals surface area (Å²) in [7, 11) is 0. The molecule has 20 heavy (non-hydrogen) atoms. The quantitative estimate of drug-likeness (QED) is 0.936. The number of halogens is 3. The molecule has 0 bridgehead atoms. The van der Waals surface area contributed by atoms with Crippen molar-refractivity contribution in [2.24, 2.45) is 0 Å². The Morgan fingerprint density at radius 3 is 2.35 bits per heavy atom. The molecule has 0 unspecified atom stereocenters. The average molecular weight is 287 g/mol. The second kappa shape index (κ2) is 4.83. The fourth-order valence-corrected chi connectivity index (χ4v) is 1.56. The van der Waals surface area contributed by atoms with Crippen LogP contribution in [0.5, 0.6) is 5.75 Å². The van der Waals surface area contributed by atoms with Crippen LogP contribution in [-0.2, 0) is 0 Å². The molecule has 6 nitrogen and oxygen atoms in total. The lowest BCUT2D eigenvalue weighted by Crippen LogP contribution is -2.17. The predicted molar refractivity (Wildman–Crippen MR) is 59.7 cm³/mol. The summed E-state index contributed by atoms with van der Waals surface area (Å²) in [6.45, 7) is 1.49. The summed E-state index contributed by atoms with van der Waals surface area (Å²) in [6, 6.07) is 4.83. The molecule has 1 heterocycles. The molecular weight excluding hydrogens is 279 g/mol. The molecule has 0 spiro atoms. The van der Waals surface area contributed by atoms with E-state index in [2.05, 4.69) is 15.0 Å². The van der Waals surface area contributed by atoms with Gasteiger partial charge in [0.2, 0.25) is 0 Å². The van der Waals surface area contributed by atoms with Crippen molar-refractivity contribution in [3.05, 3.63) is 35.7 Å². The number of alkyl halides is 3. The maximum atomic E-state index is 12.0. The molecule has 1 N–H and O–H groups in total. The monoisotopic (exact) mass is 287 g/mol. The first-order valence-electron chi connectivity index (χ1n) is 5.30. The molecular formula is C11H8F3N3O3. The Hall–Kier alpha value is -2.58. The zero-order valence-corrected chi connectivity index (χ0v) is 10.0. The van der Waals surface area contributed by atoms with Crippen LogP contribution in [0.3, 0.4) is 0 Å². The Balaban J connectivity index is 2.29. The van der Waals surface area contributed by atoms with Crippen LogP contribution in [0.2, 0.25) is 0 Å². The van der Waals surface area contributed by atoms with Crippen molar-refractivity contribution in [2.75, 3.05) is 0 Å². The van der Waals surface area contributed by atoms with Gasteiger partial charge in [-0.25, -0.2) is 9.48 Å². The van der Waals surface area contributed by atoms with Crippen LogP contribution in [0.25, 0.3) is 5.69 Å². The van der Waals surface area contributed by atoms with E-state index in [1.54, 1.807) is 0 Å². The largest absolute Gasteiger partial charge is 0.573 e. The van der Waals surface area contributed by atoms with E-state index in [1.807, 2.05) is 0 Å². The third kappa shape index (κ3) is 2.87. The van der Waals surface area contributed by atoms with Gasteiger partial charge in [-0.1, -0.05) is 5.21 Å². The number of aromatic nitrogens is 3. The van der Waals surface area contributed by atoms with Crippen molar-refractivity contribution < 1.29 is 27.8 Å². The number of hydrogen-bond donors (Lipinski definition) is 1. The van der Waals surface area contributed by atoms with Crippen LogP contribution in [0.4, 0.5) is 13.2 Å². The highest BCUT2D eigenvalue weighted by atomic mass is 19.4. The van der Waals surface area contributed by atoms with Crippen molar-refractivity contribution in [1.29, 1.82) is 0 Å². The molecule has 0 saturated carbocycles. The van der Waals surface area contributed by atoms with Gasteiger partial charge in [0.05, 0.1) is 11.4 Å². The molecule has 2 rings (SSSR count). The maximum Gasteiger partial charge on any atom is 0.573 e. The molecule has 2 aromatic rings. The summed E-state index contributed by atoms with van der Waals surface area (Å²) in [5.74, 6) is -1.61. The molecule has 0 aliphatic rings. The average Bonchev–Trinajstić information content (AvgIpc) is 2.70. The SMILES string of the molecule is Cc1c(C(=O)O)nnn1-c1ccc(OC(F)(F)F)cc1. The smallest absolute Gasteiger partial charge is 0.476 e. The van der Waals surface area contributed by atoms with Crippen molar-refractivity contribution in [2.45, 2.75) is 13.3 Å². The van der Waals surface area contributed by atoms with Gasteiger partial charge in [0.15, 0.2) is 5.69 Å². The molecule has 9 heteroatoms. The van der Waals surface area contributed by atoms with E-state index in [-0.39, 0.29) is 17.1 Å². The highest BCUT2D eigenvalue weighted by Crippen LogP contribution is 2.24. The minimum Gasteiger partial charge on any atom is -0.476 e. The Morgan fingerprint density at radius 2 is 1.90 bits per heavy atom. The summed E-state index contributed by atoms with van der Waals surface area (Å²) in [5, 5.41) is 15.9. The van der Waals surface area contributed by atoms with E-state index in [4.69, 9.17) is 5.11 Å². The molecule has 1 aromatic carbocycles. The van der Waals surface area contributed by atoms with E-state index in [0.29, 0.717) is 5.69 Å². The first-order valence-corrected chi connectivity index (χ1v) is 5.30. The Bertz CT molecular complexity index is 635. The number of aromatic carboxylic acids is 1. The van der Waals surface area contributed by atoms with E-state index in [9.17, 15) is 18.0 Å². The predicted octanol–water partition coefficient (Wildman–Crippen LogP) is 2.17. The van der Waals surface area contributed by atoms with Gasteiger partial charge in [-0.05, 0) is 31.2 Å². The third-order valence-corrected chi connectivity index (χ3v) is 2.41. The minimum absolute atomic E-state index is 0.222. The van der Waals surface area contributed by atoms with Crippen molar-refractivity contribution in [1.82, 2.24) is 15.0 Å². The van der Waals surface area contributed by atoms with Gasteiger partial charge in [0, 0.05) is 0 Å². The van der Waals surface area contributed by atoms with Crippen LogP contribution in [0.15, 0.2) is 24.3 Å². The van der Waals surface area contributed by atoms with Gasteiger partial charge in [0.1, 0.15) is 5.75 Å². The molecule has 106 valence electrons. The number of rotatable bonds is 3. The summed E-state index contributed by atoms with van der Waals surface area (Å²) >= 11 is 0. The van der Waals surface area contributed by atoms with Gasteiger partial charge in [-0.15, -0.1) is 18.3 Å². The first kappa shape index (κ1) is 13.8. The molecule has 0 aliphatic carbocycles. The van der Waals surface area contributed by atoms with Crippen LogP contribution >= 0.6 is 0 Å². The van der Waals surface area contributed by atoms with E-state index < -0.39 is 12.3 Å². The number of carboxylic acids is 1. The lowest BCUT2D eigenvalue weighted by atomic mass is 10.3. The fourth-order valence-electron chi connectivity index (χ4n) is 1.56. The van der Waals surface area contributed by atoms with Crippen LogP contribution in [0.1, 0.15) is 16.2 Å². The highest BCUT2D eigenvalue weighted by Gasteiger charge is 2.31. The van der Waals surface area contributed by atoms with Crippen molar-refractivity contribution in [3.8, 4) is 11.4 Å². The van der Waals surface area contributed by atoms with Gasteiger partial charge in [0.25, 0.3) is 0 Å². The van der Waals surface area contributed by atoms with Crippen LogP contribution in [0, 0.1) is 6.92 Å². The molecule has 0 amide bonds. The number of benzene rings is 1. The van der Waals surface area contributed by atoms with Gasteiger partial charge in [-0.2, -0.15) is 0 Å². The summed E-state index contributed by atoms with van der Waals surface area (Å²) in [4.78, 5) is 10.8. The van der Waals surface area contributed by atoms with Crippen molar-refractivity contribution >= 4 is 5.97 Å². The Morgan fingerprint density at radius 1 is 1.30 bits per heavy atom. The van der Waals surface area contributed by atoms with Gasteiger partial charge < -0.3 is 9.84 Å². The minimum atomic E-state index is -4.76. The molecule has 0 radical (unpaired) electrons. The first-order chi connectivity index (χ1) is 9.28. The number of ether oxygens (including phenoxy) is 1. The number of carboxylic acid groups (broad SMARTS) is 1. The Kier molecular flexibility index (Phi) is 3.35. The Labute approximate surface area is 110 Å². The van der Waals surface area contributed by atoms with E-state index in [0.717, 1.165) is 12.1 Å². The molecule has 0 aliphatic heterocycles. The lowest BCUT2D eigenvalue weighted by molar-refractivity contribution is -0.274. The zero-order valence-electron chi connectivity index (χ0n) is 10.0. The number of nitrogens with zero attached hydrogens (tertiary/aromatic N) is 3. The lowest BCUT2D eigenvalue weighted by Gasteiger charge is -2.09. The third-order valence-electron chi connectivity index (χ3n) is 2.41. The highest BCUT2D eigenvalue weighted by molar-refractivity contribution is 5.86. The standard InChI is InChI=1S/C11H8F3N3O3/c1-6-9(10(18)19)15-16-17(6)7-2-4-8(5-3-7)20-11(12,13)14/h2-5H,1H3,(H,18,19). The fraction of sp³-hybridized carbons (Fsp3) is 0.182. The second-order valence-corrected chi connectivity index (χ2v) is 3.78. The molecule has 1 aromatic heterocycles. The van der Waals surface area contributed by atoms with E-state index in [1.165, 1.54) is 23.7 Å². The van der Waals surface area contributed by atoms with Crippen LogP contribution < -0.4 is 4.74 Å².